The third kappa shape index (κ3) is 5.70. The maximum Gasteiger partial charge on any atom is 0.0649 e. The van der Waals surface area contributed by atoms with Gasteiger partial charge in [-0.15, -0.1) is 0 Å². The van der Waals surface area contributed by atoms with Gasteiger partial charge in [-0.25, -0.2) is 0 Å². The van der Waals surface area contributed by atoms with Crippen molar-refractivity contribution in [2.45, 2.75) is 20.8 Å². The zero-order valence-electron chi connectivity index (χ0n) is 5.90. The zero-order chi connectivity index (χ0) is 6.41. The van der Waals surface area contributed by atoms with Crippen molar-refractivity contribution < 1.29 is 4.74 Å². The summed E-state index contributed by atoms with van der Waals surface area (Å²) in [5.41, 5.74) is 1.32. The first-order valence-electron chi connectivity index (χ1n) is 2.98. The van der Waals surface area contributed by atoms with E-state index in [1.165, 1.54) is 5.57 Å². The van der Waals surface area contributed by atoms with Crippen LogP contribution in [-0.4, -0.2) is 13.2 Å². The first-order chi connectivity index (χ1) is 3.77. The smallest absolute Gasteiger partial charge is 0.0649 e. The highest BCUT2D eigenvalue weighted by molar-refractivity contribution is 4.92. The lowest BCUT2D eigenvalue weighted by Crippen LogP contribution is -1.88. The van der Waals surface area contributed by atoms with Gasteiger partial charge in [0.05, 0.1) is 6.61 Å². The molecule has 48 valence electrons. The van der Waals surface area contributed by atoms with Gasteiger partial charge < -0.3 is 4.74 Å². The van der Waals surface area contributed by atoms with Crippen molar-refractivity contribution in [2.75, 3.05) is 13.2 Å². The lowest BCUT2D eigenvalue weighted by atomic mass is 10.3. The predicted octanol–water partition coefficient (Wildman–Crippen LogP) is 1.99. The van der Waals surface area contributed by atoms with Crippen molar-refractivity contribution >= 4 is 0 Å². The molecule has 0 atom stereocenters. The average molecular weight is 114 g/mol. The third-order valence-electron chi connectivity index (χ3n) is 0.814. The second-order valence-electron chi connectivity index (χ2n) is 1.94. The Hall–Kier alpha value is -0.300. The lowest BCUT2D eigenvalue weighted by Gasteiger charge is -1.92. The second kappa shape index (κ2) is 4.85. The molecule has 0 radical (unpaired) electrons. The van der Waals surface area contributed by atoms with Gasteiger partial charge in [0.15, 0.2) is 0 Å². The molecule has 0 aliphatic heterocycles. The van der Waals surface area contributed by atoms with Crippen molar-refractivity contribution in [3.63, 3.8) is 0 Å². The molecule has 0 aromatic heterocycles. The Bertz CT molecular complexity index is 70.5. The van der Waals surface area contributed by atoms with Gasteiger partial charge in [-0.1, -0.05) is 11.6 Å². The van der Waals surface area contributed by atoms with E-state index in [0.717, 1.165) is 13.2 Å². The molecule has 0 fully saturated rings. The largest absolute Gasteiger partial charge is 0.378 e. The van der Waals surface area contributed by atoms with Gasteiger partial charge >= 0.3 is 0 Å². The Kier molecular flexibility index (Phi) is 4.67. The van der Waals surface area contributed by atoms with Crippen LogP contribution in [0.4, 0.5) is 0 Å². The Morgan fingerprint density at radius 2 is 2.12 bits per heavy atom. The van der Waals surface area contributed by atoms with Crippen LogP contribution in [0.2, 0.25) is 0 Å². The van der Waals surface area contributed by atoms with Gasteiger partial charge in [-0.2, -0.15) is 0 Å². The van der Waals surface area contributed by atoms with Crippen LogP contribution in [0.25, 0.3) is 0 Å². The summed E-state index contributed by atoms with van der Waals surface area (Å²) >= 11 is 0. The topological polar surface area (TPSA) is 9.23 Å². The number of allylic oxidation sites excluding steroid dienone is 1. The van der Waals surface area contributed by atoms with Crippen LogP contribution in [0.15, 0.2) is 11.6 Å². The number of hydrogen-bond acceptors (Lipinski definition) is 1. The second-order valence-corrected chi connectivity index (χ2v) is 1.94. The average Bonchev–Trinajstić information content (AvgIpc) is 1.66. The van der Waals surface area contributed by atoms with E-state index >= 15 is 0 Å². The number of rotatable bonds is 3. The Balaban J connectivity index is 3.03. The molecule has 0 bridgehead atoms. The highest BCUT2D eigenvalue weighted by Gasteiger charge is 1.76. The standard InChI is InChI=1S/C7H14O/c1-4-8-6-5-7(2)3/h5H,4,6H2,1-3H3. The molecule has 0 spiro atoms. The number of hydrogen-bond donors (Lipinski definition) is 0. The molecule has 0 amide bonds. The molecule has 0 N–H and O–H groups in total. The minimum Gasteiger partial charge on any atom is -0.378 e. The summed E-state index contributed by atoms with van der Waals surface area (Å²) in [4.78, 5) is 0. The van der Waals surface area contributed by atoms with Crippen LogP contribution >= 0.6 is 0 Å². The van der Waals surface area contributed by atoms with Gasteiger partial charge in [0.25, 0.3) is 0 Å². The van der Waals surface area contributed by atoms with Gasteiger partial charge in [-0.05, 0) is 20.8 Å². The summed E-state index contributed by atoms with van der Waals surface area (Å²) < 4.78 is 5.07. The summed E-state index contributed by atoms with van der Waals surface area (Å²) in [6, 6.07) is 0. The normalized spacial score (nSPS) is 8.88. The quantitative estimate of drug-likeness (QED) is 0.402. The SMILES string of the molecule is CCOCC=C(C)C. The molecule has 0 unspecified atom stereocenters. The monoisotopic (exact) mass is 114 g/mol. The van der Waals surface area contributed by atoms with Crippen LogP contribution in [-0.2, 0) is 4.74 Å². The van der Waals surface area contributed by atoms with E-state index in [4.69, 9.17) is 4.74 Å². The molecule has 0 saturated carbocycles. The first kappa shape index (κ1) is 7.70. The minimum atomic E-state index is 0.763. The maximum absolute atomic E-state index is 5.07. The van der Waals surface area contributed by atoms with Crippen LogP contribution in [0.3, 0.4) is 0 Å². The first-order valence-corrected chi connectivity index (χ1v) is 2.98. The van der Waals surface area contributed by atoms with E-state index < -0.39 is 0 Å². The molecule has 8 heavy (non-hydrogen) atoms. The molecule has 0 aliphatic carbocycles. The van der Waals surface area contributed by atoms with E-state index in [-0.39, 0.29) is 0 Å². The van der Waals surface area contributed by atoms with Crippen molar-refractivity contribution in [1.29, 1.82) is 0 Å². The third-order valence-corrected chi connectivity index (χ3v) is 0.814. The summed E-state index contributed by atoms with van der Waals surface area (Å²) in [6.07, 6.45) is 2.07. The van der Waals surface area contributed by atoms with Crippen LogP contribution < -0.4 is 0 Å². The summed E-state index contributed by atoms with van der Waals surface area (Å²) in [6.45, 7) is 7.71. The van der Waals surface area contributed by atoms with Crippen LogP contribution in [0.5, 0.6) is 0 Å². The molecular formula is C7H14O. The molecule has 0 heterocycles. The summed E-state index contributed by atoms with van der Waals surface area (Å²) in [5.74, 6) is 0. The minimum absolute atomic E-state index is 0.763. The predicted molar refractivity (Wildman–Crippen MR) is 35.9 cm³/mol. The van der Waals surface area contributed by atoms with E-state index in [9.17, 15) is 0 Å². The van der Waals surface area contributed by atoms with E-state index in [2.05, 4.69) is 19.9 Å². The van der Waals surface area contributed by atoms with Crippen molar-refractivity contribution in [2.24, 2.45) is 0 Å². The molecule has 0 aliphatic rings. The van der Waals surface area contributed by atoms with Crippen molar-refractivity contribution in [1.82, 2.24) is 0 Å². The van der Waals surface area contributed by atoms with E-state index in [0.29, 0.717) is 0 Å². The van der Waals surface area contributed by atoms with E-state index in [1.807, 2.05) is 6.92 Å². The van der Waals surface area contributed by atoms with Crippen LogP contribution in [0, 0.1) is 0 Å². The molecular weight excluding hydrogens is 100 g/mol. The van der Waals surface area contributed by atoms with E-state index in [1.54, 1.807) is 0 Å². The molecule has 0 aromatic carbocycles. The van der Waals surface area contributed by atoms with Crippen LogP contribution in [0.1, 0.15) is 20.8 Å². The fraction of sp³-hybridized carbons (Fsp3) is 0.714. The molecule has 1 nitrogen and oxygen atoms in total. The zero-order valence-corrected chi connectivity index (χ0v) is 5.90. The van der Waals surface area contributed by atoms with Gasteiger partial charge in [-0.3, -0.25) is 0 Å². The lowest BCUT2D eigenvalue weighted by molar-refractivity contribution is 0.177. The van der Waals surface area contributed by atoms with Gasteiger partial charge in [0.2, 0.25) is 0 Å². The fourth-order valence-corrected chi connectivity index (χ4v) is 0.343. The Labute approximate surface area is 51.4 Å². The highest BCUT2D eigenvalue weighted by Crippen LogP contribution is 1.87. The van der Waals surface area contributed by atoms with Gasteiger partial charge in [0.1, 0.15) is 0 Å². The number of ether oxygens (including phenoxy) is 1. The highest BCUT2D eigenvalue weighted by atomic mass is 16.5. The molecule has 1 heteroatoms. The summed E-state index contributed by atoms with van der Waals surface area (Å²) in [5, 5.41) is 0. The van der Waals surface area contributed by atoms with Crippen molar-refractivity contribution in [3.05, 3.63) is 11.6 Å². The molecule has 0 aromatic rings. The Morgan fingerprint density at radius 3 is 2.50 bits per heavy atom. The molecule has 0 saturated heterocycles. The molecule has 0 rings (SSSR count). The fourth-order valence-electron chi connectivity index (χ4n) is 0.343. The van der Waals surface area contributed by atoms with Gasteiger partial charge in [0, 0.05) is 6.61 Å². The summed E-state index contributed by atoms with van der Waals surface area (Å²) in [7, 11) is 0. The maximum atomic E-state index is 5.07. The Morgan fingerprint density at radius 1 is 1.50 bits per heavy atom. The van der Waals surface area contributed by atoms with Crippen molar-refractivity contribution in [3.8, 4) is 0 Å².